The van der Waals surface area contributed by atoms with Gasteiger partial charge in [-0.3, -0.25) is 33.8 Å². The summed E-state index contributed by atoms with van der Waals surface area (Å²) >= 11 is 1.20. The van der Waals surface area contributed by atoms with Gasteiger partial charge in [-0.05, 0) is 70.8 Å². The highest BCUT2D eigenvalue weighted by atomic mass is 32.1. The molecule has 294 valence electrons. The summed E-state index contributed by atoms with van der Waals surface area (Å²) in [5.41, 5.74) is 1.15. The van der Waals surface area contributed by atoms with Crippen molar-refractivity contribution < 1.29 is 33.4 Å². The lowest BCUT2D eigenvalue weighted by Crippen LogP contribution is -2.57. The van der Waals surface area contributed by atoms with Gasteiger partial charge in [-0.15, -0.1) is 11.3 Å². The summed E-state index contributed by atoms with van der Waals surface area (Å²) in [5.74, 6) is -1.92. The van der Waals surface area contributed by atoms with Crippen LogP contribution in [0.5, 0.6) is 0 Å². The number of hydrogen-bond acceptors (Lipinski definition) is 11. The number of piperidine rings is 1. The van der Waals surface area contributed by atoms with Crippen LogP contribution in [0.3, 0.4) is 0 Å². The lowest BCUT2D eigenvalue weighted by Gasteiger charge is -2.37. The van der Waals surface area contributed by atoms with E-state index in [4.69, 9.17) is 9.47 Å². The number of methoxy groups -OCH3 is 1. The number of rotatable bonds is 18. The number of hydrogen-bond donors (Lipinski definition) is 2. The summed E-state index contributed by atoms with van der Waals surface area (Å²) in [6.07, 6.45) is 2.95. The Morgan fingerprint density at radius 2 is 1.66 bits per heavy atom. The number of aromatic nitrogens is 1. The fourth-order valence-electron chi connectivity index (χ4n) is 6.86. The number of ether oxygens (including phenoxy) is 2. The molecule has 1 aliphatic heterocycles. The summed E-state index contributed by atoms with van der Waals surface area (Å²) in [7, 11) is 8.57. The van der Waals surface area contributed by atoms with Crippen molar-refractivity contribution in [1.29, 1.82) is 0 Å². The summed E-state index contributed by atoms with van der Waals surface area (Å²) in [4.78, 5) is 76.2. The minimum atomic E-state index is -0.831. The number of carbonyl (C=O) groups is 5. The Morgan fingerprint density at radius 1 is 0.981 bits per heavy atom. The van der Waals surface area contributed by atoms with E-state index >= 15 is 0 Å². The van der Waals surface area contributed by atoms with Crippen LogP contribution in [0.1, 0.15) is 93.9 Å². The Bertz CT molecular complexity index is 1520. The second-order valence-electron chi connectivity index (χ2n) is 15.0. The molecule has 6 atom stereocenters. The van der Waals surface area contributed by atoms with Crippen LogP contribution in [-0.2, 0) is 35.1 Å². The molecule has 3 amide bonds. The van der Waals surface area contributed by atoms with Crippen molar-refractivity contribution >= 4 is 41.0 Å². The Balaban J connectivity index is 1.82. The summed E-state index contributed by atoms with van der Waals surface area (Å²) in [6.45, 7) is 9.96. The molecule has 0 aliphatic carbocycles. The van der Waals surface area contributed by atoms with Gasteiger partial charge in [0, 0.05) is 37.9 Å². The van der Waals surface area contributed by atoms with Gasteiger partial charge in [-0.25, -0.2) is 4.98 Å². The molecule has 5 unspecified atom stereocenters. The van der Waals surface area contributed by atoms with E-state index in [0.717, 1.165) is 31.4 Å². The van der Waals surface area contributed by atoms with Crippen molar-refractivity contribution in [2.45, 2.75) is 109 Å². The number of thiazole rings is 1. The maximum atomic E-state index is 14.1. The van der Waals surface area contributed by atoms with Crippen molar-refractivity contribution in [3.05, 3.63) is 52.0 Å². The summed E-state index contributed by atoms with van der Waals surface area (Å²) < 4.78 is 10.8. The molecule has 0 radical (unpaired) electrons. The highest BCUT2D eigenvalue weighted by Crippen LogP contribution is 2.31. The molecule has 1 saturated heterocycles. The second kappa shape index (κ2) is 20.5. The third-order valence-corrected chi connectivity index (χ3v) is 10.9. The maximum Gasteiger partial charge on any atom is 0.323 e. The zero-order valence-corrected chi connectivity index (χ0v) is 33.9. The van der Waals surface area contributed by atoms with Gasteiger partial charge in [0.05, 0.1) is 13.2 Å². The highest BCUT2D eigenvalue weighted by Gasteiger charge is 2.37. The van der Waals surface area contributed by atoms with E-state index in [0.29, 0.717) is 17.8 Å². The zero-order valence-electron chi connectivity index (χ0n) is 33.1. The Hall–Kier alpha value is -3.88. The molecule has 2 heterocycles. The van der Waals surface area contributed by atoms with E-state index in [1.165, 1.54) is 25.4 Å². The SMILES string of the molecule is COC(=O)[C@H](CC(Cc1ccccc1)NC(=O)c1csc(C(CC(C(C)C)N(C)C(=O)C(NC(=O)C2CCCCN2C)C(C)C)OC(C)=O)n1)N(C)C. The van der Waals surface area contributed by atoms with E-state index in [2.05, 4.69) is 15.6 Å². The number of carbonyl (C=O) groups excluding carboxylic acids is 5. The number of nitrogens with one attached hydrogen (secondary N) is 2. The number of likely N-dealkylation sites (tertiary alicyclic amines) is 1. The van der Waals surface area contributed by atoms with E-state index in [9.17, 15) is 24.0 Å². The molecule has 53 heavy (non-hydrogen) atoms. The first kappa shape index (κ1) is 43.5. The number of amides is 3. The standard InChI is InChI=1S/C39H60N6O7S/c1-24(2)31(45(9)38(49)34(25(3)4)42-36(48)30-18-14-15-19-44(30)8)22-33(52-26(5)46)37-41-29(23-53-37)35(47)40-28(20-27-16-12-11-13-17-27)21-32(43(6)7)39(50)51-10/h11-13,16-17,23-25,28,30-34H,14-15,18-22H2,1-10H3,(H,40,47)(H,42,48)/t28?,30?,31?,32-,33?,34?/m0/s1. The number of benzene rings is 1. The van der Waals surface area contributed by atoms with Gasteiger partial charge in [0.15, 0.2) is 6.10 Å². The summed E-state index contributed by atoms with van der Waals surface area (Å²) in [6, 6.07) is 7.28. The molecule has 2 N–H and O–H groups in total. The lowest BCUT2D eigenvalue weighted by atomic mass is 9.94. The topological polar surface area (TPSA) is 150 Å². The van der Waals surface area contributed by atoms with Gasteiger partial charge >= 0.3 is 11.9 Å². The maximum absolute atomic E-state index is 14.1. The third-order valence-electron chi connectivity index (χ3n) is 9.98. The molecule has 1 fully saturated rings. The van der Waals surface area contributed by atoms with Gasteiger partial charge in [0.25, 0.3) is 5.91 Å². The fourth-order valence-corrected chi connectivity index (χ4v) is 7.70. The quantitative estimate of drug-likeness (QED) is 0.213. The van der Waals surface area contributed by atoms with Crippen molar-refractivity contribution in [3.8, 4) is 0 Å². The highest BCUT2D eigenvalue weighted by molar-refractivity contribution is 7.09. The molecular formula is C39H60N6O7S. The smallest absolute Gasteiger partial charge is 0.323 e. The Labute approximate surface area is 319 Å². The first-order valence-electron chi connectivity index (χ1n) is 18.5. The molecular weight excluding hydrogens is 697 g/mol. The molecule has 0 saturated carbocycles. The van der Waals surface area contributed by atoms with Crippen LogP contribution in [0.15, 0.2) is 35.7 Å². The van der Waals surface area contributed by atoms with Crippen molar-refractivity contribution in [2.24, 2.45) is 11.8 Å². The minimum Gasteiger partial charge on any atom is -0.468 e. The molecule has 14 heteroatoms. The van der Waals surface area contributed by atoms with Crippen LogP contribution in [0.25, 0.3) is 0 Å². The first-order valence-corrected chi connectivity index (χ1v) is 19.4. The number of nitrogens with zero attached hydrogens (tertiary/aromatic N) is 4. The molecule has 13 nitrogen and oxygen atoms in total. The van der Waals surface area contributed by atoms with E-state index in [1.807, 2.05) is 70.0 Å². The van der Waals surface area contributed by atoms with E-state index < -0.39 is 42.1 Å². The summed E-state index contributed by atoms with van der Waals surface area (Å²) in [5, 5.41) is 8.15. The van der Waals surface area contributed by atoms with Crippen LogP contribution in [0, 0.1) is 11.8 Å². The van der Waals surface area contributed by atoms with Crippen LogP contribution in [0.4, 0.5) is 0 Å². The van der Waals surface area contributed by atoms with E-state index in [-0.39, 0.29) is 47.8 Å². The molecule has 1 aromatic heterocycles. The molecule has 3 rings (SSSR count). The van der Waals surface area contributed by atoms with Gasteiger partial charge in [0.1, 0.15) is 22.8 Å². The average Bonchev–Trinajstić information content (AvgIpc) is 3.61. The molecule has 1 aromatic carbocycles. The van der Waals surface area contributed by atoms with Gasteiger partial charge in [0.2, 0.25) is 11.8 Å². The van der Waals surface area contributed by atoms with Crippen LogP contribution in [-0.4, -0.2) is 121 Å². The largest absolute Gasteiger partial charge is 0.468 e. The monoisotopic (exact) mass is 756 g/mol. The van der Waals surface area contributed by atoms with Crippen LogP contribution < -0.4 is 10.6 Å². The van der Waals surface area contributed by atoms with Crippen molar-refractivity contribution in [3.63, 3.8) is 0 Å². The van der Waals surface area contributed by atoms with Crippen molar-refractivity contribution in [2.75, 3.05) is 41.8 Å². The predicted octanol–water partition coefficient (Wildman–Crippen LogP) is 4.08. The fraction of sp³-hybridized carbons (Fsp3) is 0.641. The zero-order chi connectivity index (χ0) is 39.4. The average molecular weight is 757 g/mol. The lowest BCUT2D eigenvalue weighted by molar-refractivity contribution is -0.149. The normalized spacial score (nSPS) is 17.8. The predicted molar refractivity (Wildman–Crippen MR) is 205 cm³/mol. The number of esters is 2. The molecule has 1 aliphatic rings. The Kier molecular flexibility index (Phi) is 16.9. The number of likely N-dealkylation sites (N-methyl/N-ethyl adjacent to an activating group) is 3. The van der Waals surface area contributed by atoms with Gasteiger partial charge in [-0.1, -0.05) is 64.4 Å². The van der Waals surface area contributed by atoms with Crippen molar-refractivity contribution in [1.82, 2.24) is 30.3 Å². The van der Waals surface area contributed by atoms with E-state index in [1.54, 1.807) is 36.3 Å². The Morgan fingerprint density at radius 3 is 2.23 bits per heavy atom. The molecule has 2 aromatic rings. The third kappa shape index (κ3) is 12.6. The first-order chi connectivity index (χ1) is 25.0. The van der Waals surface area contributed by atoms with Crippen LogP contribution in [0.2, 0.25) is 0 Å². The van der Waals surface area contributed by atoms with Gasteiger partial charge in [-0.2, -0.15) is 0 Å². The van der Waals surface area contributed by atoms with Crippen LogP contribution >= 0.6 is 11.3 Å². The molecule has 0 spiro atoms. The van der Waals surface area contributed by atoms with Gasteiger partial charge < -0.3 is 25.0 Å². The minimum absolute atomic E-state index is 0.0454. The second-order valence-corrected chi connectivity index (χ2v) is 15.9. The molecule has 0 bridgehead atoms.